The summed E-state index contributed by atoms with van der Waals surface area (Å²) in [5, 5.41) is 14.2. The number of hydrogen-bond donors (Lipinski definition) is 0. The number of nitro groups is 1. The first-order valence-corrected chi connectivity index (χ1v) is 3.84. The molecule has 1 aromatic heterocycles. The van der Waals surface area contributed by atoms with Gasteiger partial charge in [0.15, 0.2) is 0 Å². The Morgan fingerprint density at radius 2 is 2.15 bits per heavy atom. The van der Waals surface area contributed by atoms with Gasteiger partial charge in [-0.2, -0.15) is 5.10 Å². The van der Waals surface area contributed by atoms with E-state index in [1.54, 1.807) is 4.68 Å². The van der Waals surface area contributed by atoms with Crippen LogP contribution in [0.3, 0.4) is 0 Å². The molecule has 1 rings (SSSR count). The Morgan fingerprint density at radius 1 is 1.54 bits per heavy atom. The Morgan fingerprint density at radius 3 is 2.54 bits per heavy atom. The molecule has 0 fully saturated rings. The van der Waals surface area contributed by atoms with Crippen molar-refractivity contribution in [3.63, 3.8) is 0 Å². The summed E-state index contributed by atoms with van der Waals surface area (Å²) in [5.41, 5.74) is 2.55. The van der Waals surface area contributed by atoms with Crippen molar-refractivity contribution in [2.45, 2.75) is 13.8 Å². The van der Waals surface area contributed by atoms with Gasteiger partial charge in [0, 0.05) is 24.4 Å². The van der Waals surface area contributed by atoms with E-state index in [1.807, 2.05) is 20.9 Å². The zero-order valence-corrected chi connectivity index (χ0v) is 7.81. The molecule has 13 heavy (non-hydrogen) atoms. The van der Waals surface area contributed by atoms with Crippen LogP contribution in [0.2, 0.25) is 0 Å². The largest absolute Gasteiger partial charge is 0.272 e. The average Bonchev–Trinajstić information content (AvgIpc) is 2.24. The molecule has 0 aliphatic heterocycles. The lowest BCUT2D eigenvalue weighted by molar-refractivity contribution is -0.400. The molecule has 0 amide bonds. The van der Waals surface area contributed by atoms with Gasteiger partial charge in [-0.25, -0.2) is 0 Å². The molecule has 0 atom stereocenters. The standard InChI is InChI=1S/C8H11N3O2/c1-6-8(4-5-11(12)13)7(2)10(3)9-6/h4-5H,1-3H3. The summed E-state index contributed by atoms with van der Waals surface area (Å²) in [5.74, 6) is 0. The van der Waals surface area contributed by atoms with Crippen LogP contribution in [0.25, 0.3) is 6.08 Å². The molecule has 0 spiro atoms. The molecule has 5 nitrogen and oxygen atoms in total. The molecule has 0 aliphatic carbocycles. The fourth-order valence-corrected chi connectivity index (χ4v) is 1.17. The summed E-state index contributed by atoms with van der Waals surface area (Å²) in [4.78, 5) is 9.61. The van der Waals surface area contributed by atoms with Gasteiger partial charge < -0.3 is 0 Å². The average molecular weight is 181 g/mol. The van der Waals surface area contributed by atoms with Crippen LogP contribution in [-0.4, -0.2) is 14.7 Å². The van der Waals surface area contributed by atoms with Crippen LogP contribution in [0.1, 0.15) is 17.0 Å². The predicted octanol–water partition coefficient (Wildman–Crippen LogP) is 1.28. The van der Waals surface area contributed by atoms with Crippen molar-refractivity contribution in [1.82, 2.24) is 9.78 Å². The predicted molar refractivity (Wildman–Crippen MR) is 48.7 cm³/mol. The normalized spacial score (nSPS) is 11.0. The van der Waals surface area contributed by atoms with Crippen molar-refractivity contribution < 1.29 is 4.92 Å². The second kappa shape index (κ2) is 3.38. The van der Waals surface area contributed by atoms with Crippen LogP contribution < -0.4 is 0 Å². The van der Waals surface area contributed by atoms with Gasteiger partial charge >= 0.3 is 0 Å². The van der Waals surface area contributed by atoms with Gasteiger partial charge in [-0.15, -0.1) is 0 Å². The smallest absolute Gasteiger partial charge is 0.235 e. The fourth-order valence-electron chi connectivity index (χ4n) is 1.17. The topological polar surface area (TPSA) is 61.0 Å². The van der Waals surface area contributed by atoms with E-state index in [0.717, 1.165) is 23.2 Å². The van der Waals surface area contributed by atoms with E-state index in [0.29, 0.717) is 0 Å². The molecular formula is C8H11N3O2. The molecular weight excluding hydrogens is 170 g/mol. The lowest BCUT2D eigenvalue weighted by atomic mass is 10.2. The van der Waals surface area contributed by atoms with E-state index in [-0.39, 0.29) is 0 Å². The van der Waals surface area contributed by atoms with E-state index >= 15 is 0 Å². The highest BCUT2D eigenvalue weighted by Crippen LogP contribution is 2.13. The highest BCUT2D eigenvalue weighted by Gasteiger charge is 2.06. The van der Waals surface area contributed by atoms with Crippen molar-refractivity contribution in [3.8, 4) is 0 Å². The van der Waals surface area contributed by atoms with E-state index in [1.165, 1.54) is 6.08 Å². The number of hydrogen-bond acceptors (Lipinski definition) is 3. The number of nitrogens with zero attached hydrogens (tertiary/aromatic N) is 3. The third-order valence-corrected chi connectivity index (χ3v) is 1.93. The van der Waals surface area contributed by atoms with Gasteiger partial charge in [0.25, 0.3) is 0 Å². The molecule has 0 N–H and O–H groups in total. The molecule has 0 saturated heterocycles. The lowest BCUT2D eigenvalue weighted by Crippen LogP contribution is -1.92. The molecule has 0 aliphatic rings. The molecule has 1 aromatic rings. The lowest BCUT2D eigenvalue weighted by Gasteiger charge is -1.92. The third kappa shape index (κ3) is 1.93. The monoisotopic (exact) mass is 181 g/mol. The van der Waals surface area contributed by atoms with Crippen molar-refractivity contribution >= 4 is 6.08 Å². The first-order chi connectivity index (χ1) is 6.02. The maximum Gasteiger partial charge on any atom is 0.235 e. The zero-order valence-electron chi connectivity index (χ0n) is 7.81. The molecule has 1 heterocycles. The molecule has 0 saturated carbocycles. The highest BCUT2D eigenvalue weighted by atomic mass is 16.6. The van der Waals surface area contributed by atoms with Gasteiger partial charge in [-0.3, -0.25) is 14.8 Å². The van der Waals surface area contributed by atoms with Gasteiger partial charge in [-0.05, 0) is 13.8 Å². The summed E-state index contributed by atoms with van der Waals surface area (Å²) in [6.07, 6.45) is 2.40. The Labute approximate surface area is 75.8 Å². The maximum absolute atomic E-state index is 10.1. The summed E-state index contributed by atoms with van der Waals surface area (Å²) in [6.45, 7) is 3.70. The Hall–Kier alpha value is -1.65. The minimum absolute atomic E-state index is 0.480. The Kier molecular flexibility index (Phi) is 2.46. The fraction of sp³-hybridized carbons (Fsp3) is 0.375. The highest BCUT2D eigenvalue weighted by molar-refractivity contribution is 5.53. The molecule has 0 radical (unpaired) electrons. The van der Waals surface area contributed by atoms with E-state index in [9.17, 15) is 10.1 Å². The SMILES string of the molecule is Cc1nn(C)c(C)c1C=C[N+](=O)[O-]. The third-order valence-electron chi connectivity index (χ3n) is 1.93. The summed E-state index contributed by atoms with van der Waals surface area (Å²) >= 11 is 0. The Bertz CT molecular complexity index is 366. The number of rotatable bonds is 2. The first-order valence-electron chi connectivity index (χ1n) is 3.84. The van der Waals surface area contributed by atoms with Crippen molar-refractivity contribution in [3.05, 3.63) is 33.3 Å². The maximum atomic E-state index is 10.1. The number of aromatic nitrogens is 2. The van der Waals surface area contributed by atoms with E-state index in [4.69, 9.17) is 0 Å². The molecule has 70 valence electrons. The summed E-state index contributed by atoms with van der Waals surface area (Å²) in [7, 11) is 1.81. The van der Waals surface area contributed by atoms with Crippen LogP contribution in [0.15, 0.2) is 6.20 Å². The van der Waals surface area contributed by atoms with Gasteiger partial charge in [0.2, 0.25) is 6.20 Å². The summed E-state index contributed by atoms with van der Waals surface area (Å²) < 4.78 is 1.70. The second-order valence-electron chi connectivity index (χ2n) is 2.81. The van der Waals surface area contributed by atoms with Crippen LogP contribution in [0.5, 0.6) is 0 Å². The van der Waals surface area contributed by atoms with Crippen LogP contribution in [0.4, 0.5) is 0 Å². The van der Waals surface area contributed by atoms with Gasteiger partial charge in [0.05, 0.1) is 10.6 Å². The van der Waals surface area contributed by atoms with Crippen molar-refractivity contribution in [2.75, 3.05) is 0 Å². The van der Waals surface area contributed by atoms with E-state index < -0.39 is 4.92 Å². The van der Waals surface area contributed by atoms with Crippen molar-refractivity contribution in [1.29, 1.82) is 0 Å². The molecule has 0 aromatic carbocycles. The minimum atomic E-state index is -0.480. The first kappa shape index (κ1) is 9.44. The zero-order chi connectivity index (χ0) is 10.0. The molecule has 0 bridgehead atoms. The van der Waals surface area contributed by atoms with Gasteiger partial charge in [-0.1, -0.05) is 0 Å². The molecule has 5 heteroatoms. The van der Waals surface area contributed by atoms with Crippen LogP contribution in [0, 0.1) is 24.0 Å². The van der Waals surface area contributed by atoms with Crippen LogP contribution in [-0.2, 0) is 7.05 Å². The quantitative estimate of drug-likeness (QED) is 0.510. The van der Waals surface area contributed by atoms with E-state index in [2.05, 4.69) is 5.10 Å². The van der Waals surface area contributed by atoms with Crippen molar-refractivity contribution in [2.24, 2.45) is 7.05 Å². The second-order valence-corrected chi connectivity index (χ2v) is 2.81. The van der Waals surface area contributed by atoms with Gasteiger partial charge in [0.1, 0.15) is 0 Å². The molecule has 0 unspecified atom stereocenters. The minimum Gasteiger partial charge on any atom is -0.272 e. The summed E-state index contributed by atoms with van der Waals surface area (Å²) in [6, 6.07) is 0. The van der Waals surface area contributed by atoms with Crippen LogP contribution >= 0.6 is 0 Å². The Balaban J connectivity index is 3.07. The number of aryl methyl sites for hydroxylation is 2.